The fourth-order valence-corrected chi connectivity index (χ4v) is 2.91. The third-order valence-corrected chi connectivity index (χ3v) is 4.51. The van der Waals surface area contributed by atoms with E-state index in [9.17, 15) is 9.59 Å². The molecule has 0 radical (unpaired) electrons. The molecular formula is C21H20ClN3O4. The summed E-state index contributed by atoms with van der Waals surface area (Å²) in [5.41, 5.74) is 3.06. The molecule has 1 heterocycles. The number of amides is 2. The number of ether oxygens (including phenoxy) is 1. The second-order valence-electron chi connectivity index (χ2n) is 6.45. The van der Waals surface area contributed by atoms with Gasteiger partial charge in [0.15, 0.2) is 0 Å². The highest BCUT2D eigenvalue weighted by molar-refractivity contribution is 6.34. The average Bonchev–Trinajstić information content (AvgIpc) is 2.99. The number of nitrogens with one attached hydrogen (secondary N) is 2. The smallest absolute Gasteiger partial charge is 0.255 e. The van der Waals surface area contributed by atoms with Crippen LogP contribution in [0, 0.1) is 13.8 Å². The summed E-state index contributed by atoms with van der Waals surface area (Å²) in [6.45, 7) is 5.37. The summed E-state index contributed by atoms with van der Waals surface area (Å²) in [5, 5.41) is 9.60. The molecule has 3 rings (SSSR count). The molecule has 1 aromatic heterocycles. The van der Waals surface area contributed by atoms with Gasteiger partial charge >= 0.3 is 0 Å². The van der Waals surface area contributed by atoms with Crippen LogP contribution in [0.1, 0.15) is 34.3 Å². The first-order valence-electron chi connectivity index (χ1n) is 8.86. The number of hydrogen-bond acceptors (Lipinski definition) is 5. The Kier molecular flexibility index (Phi) is 6.19. The number of aryl methyl sites for hydroxylation is 2. The van der Waals surface area contributed by atoms with Crippen molar-refractivity contribution < 1.29 is 18.8 Å². The van der Waals surface area contributed by atoms with Crippen LogP contribution < -0.4 is 15.4 Å². The van der Waals surface area contributed by atoms with Crippen molar-refractivity contribution >= 4 is 34.8 Å². The predicted molar refractivity (Wildman–Crippen MR) is 110 cm³/mol. The number of aromatic nitrogens is 1. The Morgan fingerprint density at radius 2 is 1.93 bits per heavy atom. The first kappa shape index (κ1) is 20.4. The van der Waals surface area contributed by atoms with E-state index in [0.29, 0.717) is 40.1 Å². The Morgan fingerprint density at radius 1 is 1.14 bits per heavy atom. The molecule has 2 N–H and O–H groups in total. The Balaban J connectivity index is 1.68. The van der Waals surface area contributed by atoms with Crippen molar-refractivity contribution in [2.24, 2.45) is 0 Å². The zero-order valence-corrected chi connectivity index (χ0v) is 17.0. The summed E-state index contributed by atoms with van der Waals surface area (Å²) in [6.07, 6.45) is 0. The zero-order valence-electron chi connectivity index (χ0n) is 16.2. The normalized spacial score (nSPS) is 10.5. The Labute approximate surface area is 173 Å². The van der Waals surface area contributed by atoms with Crippen molar-refractivity contribution in [3.05, 3.63) is 70.1 Å². The molecule has 29 heavy (non-hydrogen) atoms. The minimum Gasteiger partial charge on any atom is -0.489 e. The Morgan fingerprint density at radius 3 is 2.59 bits per heavy atom. The number of nitrogens with zero attached hydrogens (tertiary/aromatic N) is 1. The zero-order chi connectivity index (χ0) is 21.0. The molecule has 0 aliphatic carbocycles. The third-order valence-electron chi connectivity index (χ3n) is 4.20. The van der Waals surface area contributed by atoms with E-state index in [1.165, 1.54) is 6.92 Å². The van der Waals surface area contributed by atoms with Gasteiger partial charge in [-0.1, -0.05) is 22.8 Å². The highest BCUT2D eigenvalue weighted by atomic mass is 35.5. The van der Waals surface area contributed by atoms with Gasteiger partial charge in [0.1, 0.15) is 18.1 Å². The summed E-state index contributed by atoms with van der Waals surface area (Å²) < 4.78 is 10.9. The van der Waals surface area contributed by atoms with Crippen LogP contribution in [0.5, 0.6) is 5.75 Å². The molecule has 3 aromatic rings. The number of carbonyl (C=O) groups is 2. The molecule has 150 valence electrons. The van der Waals surface area contributed by atoms with Crippen LogP contribution in [0.4, 0.5) is 11.4 Å². The van der Waals surface area contributed by atoms with Crippen LogP contribution in [0.25, 0.3) is 0 Å². The third kappa shape index (κ3) is 5.14. The van der Waals surface area contributed by atoms with Crippen molar-refractivity contribution in [1.82, 2.24) is 5.16 Å². The summed E-state index contributed by atoms with van der Waals surface area (Å²) in [7, 11) is 0. The standard InChI is InChI=1S/C21H20ClN3O4/c1-12-18(13(2)29-25-12)11-28-17-6-4-5-15(9-17)21(27)24-20-8-7-16(10-19(20)22)23-14(3)26/h4-10H,11H2,1-3H3,(H,23,26)(H,24,27). The van der Waals surface area contributed by atoms with Gasteiger partial charge in [0.2, 0.25) is 5.91 Å². The van der Waals surface area contributed by atoms with Crippen LogP contribution in [-0.4, -0.2) is 17.0 Å². The second-order valence-corrected chi connectivity index (χ2v) is 6.86. The van der Waals surface area contributed by atoms with E-state index < -0.39 is 0 Å². The number of hydrogen-bond donors (Lipinski definition) is 2. The molecule has 0 fully saturated rings. The van der Waals surface area contributed by atoms with Crippen LogP contribution in [0.15, 0.2) is 47.0 Å². The van der Waals surface area contributed by atoms with Gasteiger partial charge in [-0.25, -0.2) is 0 Å². The van der Waals surface area contributed by atoms with E-state index in [1.807, 2.05) is 13.8 Å². The van der Waals surface area contributed by atoms with E-state index in [-0.39, 0.29) is 11.8 Å². The number of carbonyl (C=O) groups excluding carboxylic acids is 2. The van der Waals surface area contributed by atoms with Crippen molar-refractivity contribution in [3.8, 4) is 5.75 Å². The Bertz CT molecular complexity index is 1040. The van der Waals surface area contributed by atoms with Gasteiger partial charge in [0.05, 0.1) is 22.0 Å². The molecule has 0 atom stereocenters. The molecule has 8 heteroatoms. The first-order chi connectivity index (χ1) is 13.8. The maximum absolute atomic E-state index is 12.6. The molecule has 0 unspecified atom stereocenters. The highest BCUT2D eigenvalue weighted by Gasteiger charge is 2.12. The lowest BCUT2D eigenvalue weighted by atomic mass is 10.2. The summed E-state index contributed by atoms with van der Waals surface area (Å²) in [6, 6.07) is 11.7. The van der Waals surface area contributed by atoms with E-state index in [4.69, 9.17) is 20.9 Å². The quantitative estimate of drug-likeness (QED) is 0.609. The maximum Gasteiger partial charge on any atom is 0.255 e. The van der Waals surface area contributed by atoms with Crippen LogP contribution in [0.3, 0.4) is 0 Å². The highest BCUT2D eigenvalue weighted by Crippen LogP contribution is 2.26. The SMILES string of the molecule is CC(=O)Nc1ccc(NC(=O)c2cccc(OCc3c(C)noc3C)c2)c(Cl)c1. The average molecular weight is 414 g/mol. The van der Waals surface area contributed by atoms with Gasteiger partial charge < -0.3 is 19.9 Å². The molecule has 7 nitrogen and oxygen atoms in total. The van der Waals surface area contributed by atoms with Gasteiger partial charge in [-0.05, 0) is 50.2 Å². The molecule has 2 aromatic carbocycles. The molecule has 0 saturated carbocycles. The van der Waals surface area contributed by atoms with E-state index in [2.05, 4.69) is 15.8 Å². The molecular weight excluding hydrogens is 394 g/mol. The number of halogens is 1. The molecule has 0 bridgehead atoms. The van der Waals surface area contributed by atoms with Gasteiger partial charge in [-0.15, -0.1) is 0 Å². The molecule has 0 aliphatic heterocycles. The van der Waals surface area contributed by atoms with Crippen molar-refractivity contribution in [2.45, 2.75) is 27.4 Å². The topological polar surface area (TPSA) is 93.5 Å². The first-order valence-corrected chi connectivity index (χ1v) is 9.24. The molecule has 2 amide bonds. The van der Waals surface area contributed by atoms with E-state index in [1.54, 1.807) is 42.5 Å². The van der Waals surface area contributed by atoms with E-state index >= 15 is 0 Å². The molecule has 0 spiro atoms. The fourth-order valence-electron chi connectivity index (χ4n) is 2.68. The van der Waals surface area contributed by atoms with Crippen LogP contribution in [-0.2, 0) is 11.4 Å². The summed E-state index contributed by atoms with van der Waals surface area (Å²) >= 11 is 6.21. The number of benzene rings is 2. The van der Waals surface area contributed by atoms with Gasteiger partial charge in [-0.2, -0.15) is 0 Å². The summed E-state index contributed by atoms with van der Waals surface area (Å²) in [5.74, 6) is 0.715. The predicted octanol–water partition coefficient (Wildman–Crippen LogP) is 4.73. The second kappa shape index (κ2) is 8.79. The minimum atomic E-state index is -0.332. The van der Waals surface area contributed by atoms with Gasteiger partial charge in [0, 0.05) is 18.2 Å². The van der Waals surface area contributed by atoms with Crippen molar-refractivity contribution in [3.63, 3.8) is 0 Å². The lowest BCUT2D eigenvalue weighted by molar-refractivity contribution is -0.114. The van der Waals surface area contributed by atoms with Crippen LogP contribution >= 0.6 is 11.6 Å². The maximum atomic E-state index is 12.6. The number of rotatable bonds is 6. The fraction of sp³-hybridized carbons (Fsp3) is 0.190. The van der Waals surface area contributed by atoms with E-state index in [0.717, 1.165) is 11.3 Å². The van der Waals surface area contributed by atoms with Crippen molar-refractivity contribution in [1.29, 1.82) is 0 Å². The minimum absolute atomic E-state index is 0.203. The van der Waals surface area contributed by atoms with Gasteiger partial charge in [-0.3, -0.25) is 9.59 Å². The monoisotopic (exact) mass is 413 g/mol. The Hall–Kier alpha value is -3.32. The molecule has 0 saturated heterocycles. The molecule has 0 aliphatic rings. The largest absolute Gasteiger partial charge is 0.489 e. The van der Waals surface area contributed by atoms with Crippen LogP contribution in [0.2, 0.25) is 5.02 Å². The lowest BCUT2D eigenvalue weighted by Gasteiger charge is -2.11. The summed E-state index contributed by atoms with van der Waals surface area (Å²) in [4.78, 5) is 23.7. The van der Waals surface area contributed by atoms with Crippen molar-refractivity contribution in [2.75, 3.05) is 10.6 Å². The lowest BCUT2D eigenvalue weighted by Crippen LogP contribution is -2.13. The number of anilines is 2. The van der Waals surface area contributed by atoms with Gasteiger partial charge in [0.25, 0.3) is 5.91 Å².